The van der Waals surface area contributed by atoms with Crippen LogP contribution < -0.4 is 0 Å². The van der Waals surface area contributed by atoms with Crippen molar-refractivity contribution in [2.45, 2.75) is 58.4 Å². The average Bonchev–Trinajstić information content (AvgIpc) is 2.57. The summed E-state index contributed by atoms with van der Waals surface area (Å²) in [7, 11) is 2.85. The number of urea groups is 1. The molecule has 1 aliphatic heterocycles. The monoisotopic (exact) mass is 359 g/mol. The van der Waals surface area contributed by atoms with Crippen molar-refractivity contribution < 1.29 is 14.4 Å². The van der Waals surface area contributed by atoms with Crippen LogP contribution in [-0.4, -0.2) is 53.5 Å². The van der Waals surface area contributed by atoms with Gasteiger partial charge in [-0.3, -0.25) is 24.4 Å². The lowest BCUT2D eigenvalue weighted by molar-refractivity contribution is -0.144. The molecule has 4 aliphatic carbocycles. The first-order valence-electron chi connectivity index (χ1n) is 9.85. The fraction of sp³-hybridized carbons (Fsp3) is 0.800. The molecule has 1 heterocycles. The van der Waals surface area contributed by atoms with Crippen LogP contribution in [0.3, 0.4) is 0 Å². The minimum atomic E-state index is -0.959. The van der Waals surface area contributed by atoms with Crippen molar-refractivity contribution in [1.29, 1.82) is 0 Å². The molecule has 6 nitrogen and oxygen atoms in total. The molecule has 142 valence electrons. The fourth-order valence-corrected chi connectivity index (χ4v) is 6.47. The third-order valence-corrected chi connectivity index (χ3v) is 7.52. The summed E-state index contributed by atoms with van der Waals surface area (Å²) in [6, 6.07) is -0.456. The molecular formula is C20H29N3O3. The standard InChI is InChI=1S/C20H29N3O3/c1-11(16-17(24)22(3)19(26)23(4)18(16)25)21-12(2)20-8-13-5-14(9-20)7-15(6-13)10-20/h12-16H,5-10H2,1-4H3/t12-,13?,14?,15?,20?/m0/s1. The van der Waals surface area contributed by atoms with Crippen molar-refractivity contribution in [1.82, 2.24) is 9.80 Å². The highest BCUT2D eigenvalue weighted by Crippen LogP contribution is 2.61. The van der Waals surface area contributed by atoms with Crippen LogP contribution >= 0.6 is 0 Å². The zero-order chi connectivity index (χ0) is 18.8. The number of hydrogen-bond donors (Lipinski definition) is 0. The lowest BCUT2D eigenvalue weighted by Gasteiger charge is -2.58. The lowest BCUT2D eigenvalue weighted by Crippen LogP contribution is -2.58. The first-order chi connectivity index (χ1) is 12.2. The van der Waals surface area contributed by atoms with Gasteiger partial charge in [0.2, 0.25) is 11.8 Å². The van der Waals surface area contributed by atoms with Gasteiger partial charge in [0, 0.05) is 19.8 Å². The van der Waals surface area contributed by atoms with Crippen molar-refractivity contribution in [3.8, 4) is 0 Å². The maximum atomic E-state index is 12.5. The van der Waals surface area contributed by atoms with Gasteiger partial charge in [0.25, 0.3) is 0 Å². The van der Waals surface area contributed by atoms with Crippen LogP contribution in [0.15, 0.2) is 4.99 Å². The molecule has 0 radical (unpaired) electrons. The Morgan fingerprint density at radius 2 is 1.38 bits per heavy atom. The summed E-state index contributed by atoms with van der Waals surface area (Å²) in [4.78, 5) is 44.0. The van der Waals surface area contributed by atoms with Gasteiger partial charge in [0.1, 0.15) is 0 Å². The predicted octanol–water partition coefficient (Wildman–Crippen LogP) is 2.72. The maximum Gasteiger partial charge on any atom is 0.332 e. The van der Waals surface area contributed by atoms with E-state index in [0.29, 0.717) is 5.71 Å². The van der Waals surface area contributed by atoms with Crippen molar-refractivity contribution in [3.05, 3.63) is 0 Å². The summed E-state index contributed by atoms with van der Waals surface area (Å²) in [5.74, 6) is 0.638. The van der Waals surface area contributed by atoms with E-state index in [1.54, 1.807) is 6.92 Å². The van der Waals surface area contributed by atoms with E-state index in [9.17, 15) is 14.4 Å². The molecule has 1 saturated heterocycles. The van der Waals surface area contributed by atoms with Gasteiger partial charge in [-0.25, -0.2) is 4.79 Å². The number of hydrogen-bond acceptors (Lipinski definition) is 4. The number of carbonyl (C=O) groups is 3. The van der Waals surface area contributed by atoms with Gasteiger partial charge in [-0.2, -0.15) is 0 Å². The van der Waals surface area contributed by atoms with Crippen LogP contribution in [0.25, 0.3) is 0 Å². The second kappa shape index (κ2) is 5.89. The molecular weight excluding hydrogens is 330 g/mol. The smallest absolute Gasteiger partial charge is 0.289 e. The molecule has 4 amide bonds. The van der Waals surface area contributed by atoms with Crippen molar-refractivity contribution in [2.24, 2.45) is 34.1 Å². The highest BCUT2D eigenvalue weighted by Gasteiger charge is 2.53. The summed E-state index contributed by atoms with van der Waals surface area (Å²) in [6.45, 7) is 3.93. The second-order valence-electron chi connectivity index (χ2n) is 9.24. The molecule has 4 saturated carbocycles. The van der Waals surface area contributed by atoms with Gasteiger partial charge in [-0.1, -0.05) is 0 Å². The first-order valence-corrected chi connectivity index (χ1v) is 9.85. The van der Waals surface area contributed by atoms with E-state index in [0.717, 1.165) is 27.6 Å². The first kappa shape index (κ1) is 17.7. The van der Waals surface area contributed by atoms with E-state index in [1.807, 2.05) is 0 Å². The third kappa shape index (κ3) is 2.52. The zero-order valence-electron chi connectivity index (χ0n) is 16.2. The maximum absolute atomic E-state index is 12.5. The third-order valence-electron chi connectivity index (χ3n) is 7.52. The topological polar surface area (TPSA) is 70.1 Å². The molecule has 0 aromatic carbocycles. The number of aliphatic imine (C=N–C) groups is 1. The Kier molecular flexibility index (Phi) is 4.01. The van der Waals surface area contributed by atoms with Crippen LogP contribution in [-0.2, 0) is 9.59 Å². The van der Waals surface area contributed by atoms with Gasteiger partial charge in [0.05, 0.1) is 6.04 Å². The number of nitrogens with zero attached hydrogens (tertiary/aromatic N) is 3. The Labute approximate surface area is 155 Å². The summed E-state index contributed by atoms with van der Waals surface area (Å²) in [6.07, 6.45) is 7.86. The Morgan fingerprint density at radius 1 is 0.962 bits per heavy atom. The molecule has 5 fully saturated rings. The molecule has 0 aromatic heterocycles. The van der Waals surface area contributed by atoms with E-state index >= 15 is 0 Å². The van der Waals surface area contributed by atoms with Gasteiger partial charge in [-0.05, 0) is 75.5 Å². The minimum Gasteiger partial charge on any atom is -0.289 e. The average molecular weight is 359 g/mol. The quantitative estimate of drug-likeness (QED) is 0.575. The fourth-order valence-electron chi connectivity index (χ4n) is 6.47. The van der Waals surface area contributed by atoms with E-state index < -0.39 is 23.8 Å². The lowest BCUT2D eigenvalue weighted by atomic mass is 9.48. The van der Waals surface area contributed by atoms with E-state index in [2.05, 4.69) is 6.92 Å². The molecule has 6 heteroatoms. The number of imide groups is 2. The molecule has 1 atom stereocenters. The van der Waals surface area contributed by atoms with Crippen molar-refractivity contribution in [3.63, 3.8) is 0 Å². The Morgan fingerprint density at radius 3 is 1.81 bits per heavy atom. The highest BCUT2D eigenvalue weighted by atomic mass is 16.2. The predicted molar refractivity (Wildman–Crippen MR) is 97.6 cm³/mol. The molecule has 0 unspecified atom stereocenters. The number of amides is 4. The van der Waals surface area contributed by atoms with Gasteiger partial charge >= 0.3 is 6.03 Å². The van der Waals surface area contributed by atoms with Crippen LogP contribution in [0, 0.1) is 29.1 Å². The molecule has 0 spiro atoms. The molecule has 0 N–H and O–H groups in total. The molecule has 0 aromatic rings. The number of carbonyl (C=O) groups excluding carboxylic acids is 3. The minimum absolute atomic E-state index is 0.116. The molecule has 4 bridgehead atoms. The molecule has 5 rings (SSSR count). The molecule has 26 heavy (non-hydrogen) atoms. The molecule has 5 aliphatic rings. The normalized spacial score (nSPS) is 39.2. The van der Waals surface area contributed by atoms with Crippen molar-refractivity contribution in [2.75, 3.05) is 14.1 Å². The summed E-state index contributed by atoms with van der Waals surface area (Å²) >= 11 is 0. The van der Waals surface area contributed by atoms with Crippen LogP contribution in [0.4, 0.5) is 4.79 Å². The summed E-state index contributed by atoms with van der Waals surface area (Å²) < 4.78 is 0. The van der Waals surface area contributed by atoms with Gasteiger partial charge in [-0.15, -0.1) is 0 Å². The second-order valence-corrected chi connectivity index (χ2v) is 9.24. The van der Waals surface area contributed by atoms with Crippen LogP contribution in [0.1, 0.15) is 52.4 Å². The van der Waals surface area contributed by atoms with E-state index in [4.69, 9.17) is 4.99 Å². The SMILES string of the molecule is CC(=N[C@@H](C)C12CC3CC(CC(C3)C1)C2)C1C(=O)N(C)C(=O)N(C)C1=O. The Hall–Kier alpha value is -1.72. The summed E-state index contributed by atoms with van der Waals surface area (Å²) in [5.41, 5.74) is 0.791. The number of barbiturate groups is 1. The van der Waals surface area contributed by atoms with Crippen molar-refractivity contribution >= 4 is 23.6 Å². The largest absolute Gasteiger partial charge is 0.332 e. The van der Waals surface area contributed by atoms with Gasteiger partial charge < -0.3 is 0 Å². The Bertz CT molecular complexity index is 639. The zero-order valence-corrected chi connectivity index (χ0v) is 16.2. The Balaban J connectivity index is 1.58. The van der Waals surface area contributed by atoms with E-state index in [-0.39, 0.29) is 11.5 Å². The van der Waals surface area contributed by atoms with Gasteiger partial charge in [0.15, 0.2) is 5.92 Å². The highest BCUT2D eigenvalue weighted by molar-refractivity contribution is 6.26. The van der Waals surface area contributed by atoms with Crippen LogP contribution in [0.5, 0.6) is 0 Å². The summed E-state index contributed by atoms with van der Waals surface area (Å²) in [5, 5.41) is 0. The van der Waals surface area contributed by atoms with E-state index in [1.165, 1.54) is 52.6 Å². The van der Waals surface area contributed by atoms with Crippen LogP contribution in [0.2, 0.25) is 0 Å². The number of rotatable bonds is 3.